The van der Waals surface area contributed by atoms with Crippen LogP contribution in [0, 0.1) is 5.92 Å². The molecule has 4 nitrogen and oxygen atoms in total. The molecule has 0 radical (unpaired) electrons. The maximum absolute atomic E-state index is 11.5. The molecule has 0 aliphatic carbocycles. The molecule has 1 heterocycles. The summed E-state index contributed by atoms with van der Waals surface area (Å²) in [5.74, 6) is 5.41. The van der Waals surface area contributed by atoms with Crippen LogP contribution < -0.4 is 5.90 Å². The largest absolute Gasteiger partial charge is 0.342 e. The molecule has 0 atom stereocenters. The van der Waals surface area contributed by atoms with Crippen LogP contribution in [0.4, 0.5) is 0 Å². The number of carbonyl (C=O) groups excluding carboxylic acids is 1. The summed E-state index contributed by atoms with van der Waals surface area (Å²) in [6, 6.07) is 0. The van der Waals surface area contributed by atoms with Crippen LogP contribution in [0.25, 0.3) is 0 Å². The lowest BCUT2D eigenvalue weighted by molar-refractivity contribution is -0.137. The first-order chi connectivity index (χ1) is 7.15. The number of nitrogens with zero attached hydrogens (tertiary/aromatic N) is 1. The van der Waals surface area contributed by atoms with Gasteiger partial charge in [0.25, 0.3) is 0 Å². The molecule has 0 unspecified atom stereocenters. The predicted octanol–water partition coefficient (Wildman–Crippen LogP) is 1.55. The van der Waals surface area contributed by atoms with Gasteiger partial charge in [-0.2, -0.15) is 0 Å². The second-order valence-corrected chi connectivity index (χ2v) is 3.82. The molecule has 1 fully saturated rings. The van der Waals surface area contributed by atoms with E-state index in [-0.39, 0.29) is 17.9 Å². The maximum atomic E-state index is 11.5. The lowest BCUT2D eigenvalue weighted by atomic mass is 10.1. The molecule has 15 heavy (non-hydrogen) atoms. The van der Waals surface area contributed by atoms with Gasteiger partial charge in [0.05, 0.1) is 6.10 Å². The lowest BCUT2D eigenvalue weighted by Gasteiger charge is -2.31. The van der Waals surface area contributed by atoms with Gasteiger partial charge >= 0.3 is 0 Å². The molecule has 0 aromatic rings. The van der Waals surface area contributed by atoms with E-state index < -0.39 is 0 Å². The minimum absolute atomic E-state index is 0.0929. The highest BCUT2D eigenvalue weighted by Crippen LogP contribution is 2.14. The van der Waals surface area contributed by atoms with Crippen molar-refractivity contribution in [3.05, 3.63) is 0 Å². The number of hydrogen-bond acceptors (Lipinski definition) is 3. The van der Waals surface area contributed by atoms with Crippen LogP contribution in [0.3, 0.4) is 0 Å². The minimum atomic E-state index is 0.0929. The maximum Gasteiger partial charge on any atom is 0.225 e. The third-order valence-corrected chi connectivity index (χ3v) is 2.44. The number of amides is 1. The molecule has 0 bridgehead atoms. The van der Waals surface area contributed by atoms with E-state index in [0.717, 1.165) is 25.9 Å². The average molecular weight is 216 g/mol. The summed E-state index contributed by atoms with van der Waals surface area (Å²) in [7, 11) is 0. The Balaban J connectivity index is 0.000000921. The topological polar surface area (TPSA) is 55.6 Å². The summed E-state index contributed by atoms with van der Waals surface area (Å²) >= 11 is 0. The average Bonchev–Trinajstić information content (AvgIpc) is 2.31. The van der Waals surface area contributed by atoms with Crippen molar-refractivity contribution in [3.63, 3.8) is 0 Å². The molecule has 2 N–H and O–H groups in total. The van der Waals surface area contributed by atoms with E-state index in [2.05, 4.69) is 0 Å². The van der Waals surface area contributed by atoms with E-state index in [1.54, 1.807) is 0 Å². The second kappa shape index (κ2) is 7.65. The highest BCUT2D eigenvalue weighted by Gasteiger charge is 2.23. The van der Waals surface area contributed by atoms with Crippen LogP contribution in [0.15, 0.2) is 0 Å². The summed E-state index contributed by atoms with van der Waals surface area (Å²) in [6.07, 6.45) is 1.85. The number of carbonyl (C=O) groups is 1. The van der Waals surface area contributed by atoms with E-state index >= 15 is 0 Å². The van der Waals surface area contributed by atoms with Crippen molar-refractivity contribution >= 4 is 5.91 Å². The molecule has 1 saturated heterocycles. The third-order valence-electron chi connectivity index (χ3n) is 2.44. The van der Waals surface area contributed by atoms with Gasteiger partial charge in [0.2, 0.25) is 5.91 Å². The fourth-order valence-corrected chi connectivity index (χ4v) is 1.58. The Hall–Kier alpha value is -0.610. The van der Waals surface area contributed by atoms with Crippen molar-refractivity contribution in [2.75, 3.05) is 13.1 Å². The summed E-state index contributed by atoms with van der Waals surface area (Å²) < 4.78 is 0. The summed E-state index contributed by atoms with van der Waals surface area (Å²) in [5, 5.41) is 0. The van der Waals surface area contributed by atoms with Gasteiger partial charge in [-0.3, -0.25) is 4.79 Å². The van der Waals surface area contributed by atoms with Crippen LogP contribution in [-0.2, 0) is 9.63 Å². The number of rotatable bonds is 2. The molecule has 1 aliphatic heterocycles. The molecule has 0 saturated carbocycles. The van der Waals surface area contributed by atoms with Gasteiger partial charge in [0.1, 0.15) is 0 Å². The quantitative estimate of drug-likeness (QED) is 0.712. The van der Waals surface area contributed by atoms with Crippen molar-refractivity contribution < 1.29 is 9.63 Å². The first-order valence-electron chi connectivity index (χ1n) is 5.79. The van der Waals surface area contributed by atoms with Crippen LogP contribution in [0.2, 0.25) is 0 Å². The van der Waals surface area contributed by atoms with Crippen molar-refractivity contribution in [1.82, 2.24) is 4.90 Å². The van der Waals surface area contributed by atoms with Gasteiger partial charge < -0.3 is 9.74 Å². The smallest absolute Gasteiger partial charge is 0.225 e. The van der Waals surface area contributed by atoms with Crippen LogP contribution in [0.5, 0.6) is 0 Å². The molecule has 90 valence electrons. The summed E-state index contributed by atoms with van der Waals surface area (Å²) in [5.41, 5.74) is 0. The summed E-state index contributed by atoms with van der Waals surface area (Å²) in [6.45, 7) is 9.40. The fraction of sp³-hybridized carbons (Fsp3) is 0.909. The van der Waals surface area contributed by atoms with E-state index in [1.807, 2.05) is 32.6 Å². The molecule has 0 aromatic heterocycles. The highest BCUT2D eigenvalue weighted by atomic mass is 16.6. The summed E-state index contributed by atoms with van der Waals surface area (Å²) in [4.78, 5) is 18.2. The molecule has 4 heteroatoms. The second-order valence-electron chi connectivity index (χ2n) is 3.82. The molecule has 1 amide bonds. The zero-order valence-corrected chi connectivity index (χ0v) is 10.3. The lowest BCUT2D eigenvalue weighted by Crippen LogP contribution is -2.43. The molecular formula is C11H24N2O2. The van der Waals surface area contributed by atoms with Crippen LogP contribution >= 0.6 is 0 Å². The Bertz CT molecular complexity index is 175. The number of likely N-dealkylation sites (tertiary alicyclic amines) is 1. The number of piperidine rings is 1. The van der Waals surface area contributed by atoms with Gasteiger partial charge in [-0.1, -0.05) is 27.7 Å². The monoisotopic (exact) mass is 216 g/mol. The highest BCUT2D eigenvalue weighted by molar-refractivity contribution is 5.78. The number of nitrogens with two attached hydrogens (primary N) is 1. The van der Waals surface area contributed by atoms with Crippen molar-refractivity contribution in [2.45, 2.75) is 46.6 Å². The standard InChI is InChI=1S/C9H18N2O2.C2H6/c1-7(2)9(12)11-5-3-8(13-10)4-6-11;1-2/h7-8H,3-6,10H2,1-2H3;1-2H3. The fourth-order valence-electron chi connectivity index (χ4n) is 1.58. The SMILES string of the molecule is CC.CC(C)C(=O)N1CCC(ON)CC1. The molecular weight excluding hydrogens is 192 g/mol. The minimum Gasteiger partial charge on any atom is -0.342 e. The van der Waals surface area contributed by atoms with Crippen molar-refractivity contribution in [3.8, 4) is 0 Å². The Morgan fingerprint density at radius 3 is 2.13 bits per heavy atom. The Morgan fingerprint density at radius 1 is 1.33 bits per heavy atom. The predicted molar refractivity (Wildman–Crippen MR) is 61.1 cm³/mol. The van der Waals surface area contributed by atoms with Crippen LogP contribution in [0.1, 0.15) is 40.5 Å². The van der Waals surface area contributed by atoms with Gasteiger partial charge in [-0.05, 0) is 12.8 Å². The zero-order chi connectivity index (χ0) is 11.8. The van der Waals surface area contributed by atoms with E-state index in [1.165, 1.54) is 0 Å². The molecule has 1 rings (SSSR count). The van der Waals surface area contributed by atoms with Crippen molar-refractivity contribution in [2.24, 2.45) is 11.8 Å². The Labute approximate surface area is 92.7 Å². The first-order valence-corrected chi connectivity index (χ1v) is 5.79. The Kier molecular flexibility index (Phi) is 7.34. The van der Waals surface area contributed by atoms with E-state index in [4.69, 9.17) is 10.7 Å². The molecule has 1 aliphatic rings. The van der Waals surface area contributed by atoms with Gasteiger partial charge in [-0.25, -0.2) is 5.90 Å². The van der Waals surface area contributed by atoms with Gasteiger partial charge in [0.15, 0.2) is 0 Å². The van der Waals surface area contributed by atoms with Crippen LogP contribution in [-0.4, -0.2) is 30.0 Å². The number of hydrogen-bond donors (Lipinski definition) is 1. The Morgan fingerprint density at radius 2 is 1.80 bits per heavy atom. The van der Waals surface area contributed by atoms with Gasteiger partial charge in [0, 0.05) is 19.0 Å². The third kappa shape index (κ3) is 4.62. The molecule has 0 aromatic carbocycles. The van der Waals surface area contributed by atoms with E-state index in [9.17, 15) is 4.79 Å². The first kappa shape index (κ1) is 14.4. The normalized spacial score (nSPS) is 17.3. The van der Waals surface area contributed by atoms with Gasteiger partial charge in [-0.15, -0.1) is 0 Å². The van der Waals surface area contributed by atoms with Crippen molar-refractivity contribution in [1.29, 1.82) is 0 Å². The van der Waals surface area contributed by atoms with E-state index in [0.29, 0.717) is 0 Å². The molecule has 0 spiro atoms. The zero-order valence-electron chi connectivity index (χ0n) is 10.3.